The fourth-order valence-electron chi connectivity index (χ4n) is 3.32. The van der Waals surface area contributed by atoms with Crippen molar-refractivity contribution in [2.24, 2.45) is 11.8 Å². The van der Waals surface area contributed by atoms with Gasteiger partial charge in [0, 0.05) is 30.9 Å². The summed E-state index contributed by atoms with van der Waals surface area (Å²) in [7, 11) is 0. The molecule has 0 aromatic heterocycles. The maximum atomic E-state index is 12.9. The molecule has 5 heteroatoms. The third kappa shape index (κ3) is 3.15. The molecule has 3 atom stereocenters. The molecule has 114 valence electrons. The third-order valence-corrected chi connectivity index (χ3v) is 6.11. The minimum absolute atomic E-state index is 0.156. The average Bonchev–Trinajstić information content (AvgIpc) is 3.05. The van der Waals surface area contributed by atoms with Gasteiger partial charge < -0.3 is 15.0 Å². The highest BCUT2D eigenvalue weighted by molar-refractivity contribution is 7.99. The van der Waals surface area contributed by atoms with Crippen LogP contribution in [0.1, 0.15) is 26.2 Å². The molecule has 0 bridgehead atoms. The van der Waals surface area contributed by atoms with Crippen LogP contribution >= 0.6 is 11.8 Å². The summed E-state index contributed by atoms with van der Waals surface area (Å²) in [5.41, 5.74) is 0. The van der Waals surface area contributed by atoms with Crippen LogP contribution in [-0.4, -0.2) is 60.7 Å². The van der Waals surface area contributed by atoms with Crippen molar-refractivity contribution in [2.45, 2.75) is 38.3 Å². The Kier molecular flexibility index (Phi) is 4.89. The van der Waals surface area contributed by atoms with Crippen molar-refractivity contribution in [1.29, 1.82) is 0 Å². The minimum Gasteiger partial charge on any atom is -0.376 e. The Bertz CT molecular complexity index is 337. The van der Waals surface area contributed by atoms with Crippen LogP contribution in [0.15, 0.2) is 0 Å². The van der Waals surface area contributed by atoms with E-state index < -0.39 is 0 Å². The van der Waals surface area contributed by atoms with Crippen LogP contribution in [0.3, 0.4) is 0 Å². The van der Waals surface area contributed by atoms with Crippen molar-refractivity contribution >= 4 is 17.7 Å². The summed E-state index contributed by atoms with van der Waals surface area (Å²) < 4.78 is 5.76. The molecule has 4 nitrogen and oxygen atoms in total. The molecule has 3 fully saturated rings. The lowest BCUT2D eigenvalue weighted by molar-refractivity contribution is -0.141. The zero-order valence-corrected chi connectivity index (χ0v) is 13.2. The Morgan fingerprint density at radius 2 is 2.30 bits per heavy atom. The highest BCUT2D eigenvalue weighted by Crippen LogP contribution is 2.28. The van der Waals surface area contributed by atoms with E-state index in [0.29, 0.717) is 17.9 Å². The van der Waals surface area contributed by atoms with E-state index in [9.17, 15) is 4.79 Å². The molecule has 3 unspecified atom stereocenters. The van der Waals surface area contributed by atoms with E-state index in [1.807, 2.05) is 11.8 Å². The lowest BCUT2D eigenvalue weighted by Crippen LogP contribution is -2.53. The molecule has 3 aliphatic rings. The van der Waals surface area contributed by atoms with Gasteiger partial charge in [-0.25, -0.2) is 0 Å². The molecule has 0 aliphatic carbocycles. The van der Waals surface area contributed by atoms with E-state index in [0.717, 1.165) is 51.3 Å². The van der Waals surface area contributed by atoms with Gasteiger partial charge in [-0.2, -0.15) is 11.8 Å². The molecule has 3 saturated heterocycles. The van der Waals surface area contributed by atoms with Gasteiger partial charge in [0.25, 0.3) is 0 Å². The van der Waals surface area contributed by atoms with E-state index in [4.69, 9.17) is 4.74 Å². The van der Waals surface area contributed by atoms with Crippen LogP contribution in [0.2, 0.25) is 0 Å². The standard InChI is InChI=1S/C15H26N2O2S/c1-11(12-7-16-8-12)15(18)17(13-4-6-20-10-13)9-14-3-2-5-19-14/h11-14,16H,2-10H2,1H3. The number of nitrogens with one attached hydrogen (secondary N) is 1. The van der Waals surface area contributed by atoms with Gasteiger partial charge in [-0.05, 0) is 44.0 Å². The second-order valence-corrected chi connectivity index (χ2v) is 7.50. The fraction of sp³-hybridized carbons (Fsp3) is 0.933. The molecule has 3 heterocycles. The lowest BCUT2D eigenvalue weighted by Gasteiger charge is -2.38. The largest absolute Gasteiger partial charge is 0.376 e. The van der Waals surface area contributed by atoms with Crippen molar-refractivity contribution < 1.29 is 9.53 Å². The summed E-state index contributed by atoms with van der Waals surface area (Å²) in [6.45, 7) is 5.79. The smallest absolute Gasteiger partial charge is 0.226 e. The van der Waals surface area contributed by atoms with E-state index in [-0.39, 0.29) is 12.0 Å². The van der Waals surface area contributed by atoms with Crippen LogP contribution in [-0.2, 0) is 9.53 Å². The van der Waals surface area contributed by atoms with E-state index >= 15 is 0 Å². The van der Waals surface area contributed by atoms with Crippen LogP contribution in [0, 0.1) is 11.8 Å². The zero-order chi connectivity index (χ0) is 13.9. The van der Waals surface area contributed by atoms with Crippen LogP contribution in [0.4, 0.5) is 0 Å². The summed E-state index contributed by atoms with van der Waals surface area (Å²) in [5, 5.41) is 3.28. The minimum atomic E-state index is 0.156. The molecule has 0 radical (unpaired) electrons. The second-order valence-electron chi connectivity index (χ2n) is 6.35. The number of rotatable bonds is 5. The van der Waals surface area contributed by atoms with Crippen LogP contribution < -0.4 is 5.32 Å². The van der Waals surface area contributed by atoms with Crippen LogP contribution in [0.25, 0.3) is 0 Å². The maximum absolute atomic E-state index is 12.9. The number of ether oxygens (including phenoxy) is 1. The van der Waals surface area contributed by atoms with Crippen molar-refractivity contribution in [2.75, 3.05) is 37.7 Å². The molecule has 0 spiro atoms. The third-order valence-electron chi connectivity index (χ3n) is 4.96. The number of hydrogen-bond donors (Lipinski definition) is 1. The molecular formula is C15H26N2O2S. The number of thioether (sulfide) groups is 1. The van der Waals surface area contributed by atoms with Gasteiger partial charge in [0.1, 0.15) is 0 Å². The number of nitrogens with zero attached hydrogens (tertiary/aromatic N) is 1. The summed E-state index contributed by atoms with van der Waals surface area (Å²) in [5.74, 6) is 3.35. The van der Waals surface area contributed by atoms with Gasteiger partial charge in [0.05, 0.1) is 6.10 Å². The van der Waals surface area contributed by atoms with E-state index in [2.05, 4.69) is 17.1 Å². The van der Waals surface area contributed by atoms with Gasteiger partial charge in [0.15, 0.2) is 0 Å². The van der Waals surface area contributed by atoms with Gasteiger partial charge >= 0.3 is 0 Å². The molecule has 3 rings (SSSR count). The first-order valence-corrected chi connectivity index (χ1v) is 9.11. The number of amides is 1. The summed E-state index contributed by atoms with van der Waals surface area (Å²) in [6, 6.07) is 0.437. The monoisotopic (exact) mass is 298 g/mol. The van der Waals surface area contributed by atoms with Crippen molar-refractivity contribution in [3.05, 3.63) is 0 Å². The summed E-state index contributed by atoms with van der Waals surface area (Å²) in [4.78, 5) is 15.1. The fourth-order valence-corrected chi connectivity index (χ4v) is 4.55. The van der Waals surface area contributed by atoms with Gasteiger partial charge in [0.2, 0.25) is 5.91 Å². The van der Waals surface area contributed by atoms with E-state index in [1.54, 1.807) is 0 Å². The Morgan fingerprint density at radius 3 is 2.85 bits per heavy atom. The molecule has 3 aliphatic heterocycles. The number of carbonyl (C=O) groups is 1. The average molecular weight is 298 g/mol. The molecule has 20 heavy (non-hydrogen) atoms. The topological polar surface area (TPSA) is 41.6 Å². The van der Waals surface area contributed by atoms with Gasteiger partial charge in [-0.15, -0.1) is 0 Å². The SMILES string of the molecule is CC(C(=O)N(CC1CCCO1)C1CCSC1)C1CNC1. The summed E-state index contributed by atoms with van der Waals surface area (Å²) in [6.07, 6.45) is 3.69. The second kappa shape index (κ2) is 6.67. The quantitative estimate of drug-likeness (QED) is 0.832. The molecule has 1 amide bonds. The van der Waals surface area contributed by atoms with Gasteiger partial charge in [-0.3, -0.25) is 4.79 Å². The highest BCUT2D eigenvalue weighted by atomic mass is 32.2. The normalized spacial score (nSPS) is 32.0. The van der Waals surface area contributed by atoms with E-state index in [1.165, 1.54) is 5.75 Å². The number of hydrogen-bond acceptors (Lipinski definition) is 4. The molecule has 0 aromatic rings. The molecule has 0 aromatic carbocycles. The van der Waals surface area contributed by atoms with Crippen molar-refractivity contribution in [3.8, 4) is 0 Å². The highest BCUT2D eigenvalue weighted by Gasteiger charge is 2.36. The Hall–Kier alpha value is -0.260. The maximum Gasteiger partial charge on any atom is 0.226 e. The Labute approximate surface area is 126 Å². The molecular weight excluding hydrogens is 272 g/mol. The Balaban J connectivity index is 1.64. The Morgan fingerprint density at radius 1 is 1.45 bits per heavy atom. The first-order chi connectivity index (χ1) is 9.75. The van der Waals surface area contributed by atoms with Crippen LogP contribution in [0.5, 0.6) is 0 Å². The summed E-state index contributed by atoms with van der Waals surface area (Å²) >= 11 is 1.98. The predicted molar refractivity (Wildman–Crippen MR) is 81.9 cm³/mol. The molecule has 0 saturated carbocycles. The first-order valence-electron chi connectivity index (χ1n) is 7.96. The zero-order valence-electron chi connectivity index (χ0n) is 12.3. The molecule has 1 N–H and O–H groups in total. The van der Waals surface area contributed by atoms with Crippen molar-refractivity contribution in [1.82, 2.24) is 10.2 Å². The first kappa shape index (κ1) is 14.7. The van der Waals surface area contributed by atoms with Gasteiger partial charge in [-0.1, -0.05) is 6.92 Å². The number of carbonyl (C=O) groups excluding carboxylic acids is 1. The van der Waals surface area contributed by atoms with Crippen molar-refractivity contribution in [3.63, 3.8) is 0 Å². The lowest BCUT2D eigenvalue weighted by atomic mass is 9.87. The predicted octanol–water partition coefficient (Wildman–Crippen LogP) is 1.35.